The molecule has 4 atom stereocenters. The summed E-state index contributed by atoms with van der Waals surface area (Å²) in [4.78, 5) is 26.8. The Hall–Kier alpha value is -4.05. The van der Waals surface area contributed by atoms with Crippen molar-refractivity contribution in [1.29, 1.82) is 0 Å². The second-order valence-electron chi connectivity index (χ2n) is 11.6. The molecule has 3 aromatic rings. The van der Waals surface area contributed by atoms with Gasteiger partial charge in [-0.3, -0.25) is 4.79 Å². The SMILES string of the molecule is CCOC(=O)[C@H](Cc1ccc(OCCNC2C3CN(C(=O)c4cc(F)c(F)c(F)c4)C[C@@H]32)cc1)Oc1ccc(C(C)C)cc1. The fourth-order valence-corrected chi connectivity index (χ4v) is 5.69. The minimum atomic E-state index is -1.58. The number of piperidine rings is 1. The summed E-state index contributed by atoms with van der Waals surface area (Å²) in [5, 5.41) is 3.45. The smallest absolute Gasteiger partial charge is 0.347 e. The highest BCUT2D eigenvalue weighted by Crippen LogP contribution is 2.45. The van der Waals surface area contributed by atoms with Gasteiger partial charge in [0.15, 0.2) is 23.6 Å². The number of amides is 1. The highest BCUT2D eigenvalue weighted by atomic mass is 19.2. The predicted molar refractivity (Wildman–Crippen MR) is 158 cm³/mol. The lowest BCUT2D eigenvalue weighted by atomic mass is 10.0. The Morgan fingerprint density at radius 1 is 0.932 bits per heavy atom. The molecule has 2 aliphatic rings. The molecule has 3 aromatic carbocycles. The number of halogens is 3. The average molecular weight is 611 g/mol. The molecule has 0 aromatic heterocycles. The second kappa shape index (κ2) is 13.7. The van der Waals surface area contributed by atoms with Crippen LogP contribution in [0, 0.1) is 29.3 Å². The van der Waals surface area contributed by atoms with Crippen LogP contribution in [0.5, 0.6) is 11.5 Å². The van der Waals surface area contributed by atoms with Crippen molar-refractivity contribution in [2.75, 3.05) is 32.8 Å². The molecular weight excluding hydrogens is 573 g/mol. The molecule has 0 spiro atoms. The lowest BCUT2D eigenvalue weighted by molar-refractivity contribution is -0.151. The number of nitrogens with one attached hydrogen (secondary N) is 1. The number of hydrogen-bond acceptors (Lipinski definition) is 6. The molecule has 5 rings (SSSR count). The number of fused-ring (bicyclic) bond motifs is 1. The zero-order chi connectivity index (χ0) is 31.4. The first kappa shape index (κ1) is 31.4. The molecule has 2 unspecified atom stereocenters. The molecule has 2 fully saturated rings. The van der Waals surface area contributed by atoms with Crippen molar-refractivity contribution in [2.45, 2.75) is 45.3 Å². The molecule has 1 amide bonds. The van der Waals surface area contributed by atoms with E-state index in [2.05, 4.69) is 19.2 Å². The van der Waals surface area contributed by atoms with Crippen LogP contribution in [0.2, 0.25) is 0 Å². The average Bonchev–Trinajstić information content (AvgIpc) is 3.45. The first-order valence-electron chi connectivity index (χ1n) is 15.0. The van der Waals surface area contributed by atoms with Gasteiger partial charge in [0, 0.05) is 37.7 Å². The zero-order valence-electron chi connectivity index (χ0n) is 25.0. The third kappa shape index (κ3) is 7.35. The topological polar surface area (TPSA) is 77.1 Å². The largest absolute Gasteiger partial charge is 0.492 e. The van der Waals surface area contributed by atoms with Crippen LogP contribution in [0.1, 0.15) is 48.2 Å². The summed E-state index contributed by atoms with van der Waals surface area (Å²) in [6.07, 6.45) is -0.431. The van der Waals surface area contributed by atoms with Crippen LogP contribution in [0.4, 0.5) is 13.2 Å². The first-order valence-corrected chi connectivity index (χ1v) is 15.0. The van der Waals surface area contributed by atoms with Gasteiger partial charge in [-0.15, -0.1) is 0 Å². The highest BCUT2D eigenvalue weighted by Gasteiger charge is 2.56. The van der Waals surface area contributed by atoms with Crippen molar-refractivity contribution in [2.24, 2.45) is 11.8 Å². The molecule has 1 aliphatic carbocycles. The number of nitrogens with zero attached hydrogens (tertiary/aromatic N) is 1. The van der Waals surface area contributed by atoms with Gasteiger partial charge in [-0.25, -0.2) is 18.0 Å². The van der Waals surface area contributed by atoms with E-state index in [1.807, 2.05) is 48.5 Å². The van der Waals surface area contributed by atoms with E-state index in [0.717, 1.165) is 17.7 Å². The minimum Gasteiger partial charge on any atom is -0.492 e. The molecule has 0 radical (unpaired) electrons. The summed E-state index contributed by atoms with van der Waals surface area (Å²) < 4.78 is 57.4. The van der Waals surface area contributed by atoms with Gasteiger partial charge >= 0.3 is 5.97 Å². The maximum Gasteiger partial charge on any atom is 0.347 e. The predicted octanol–water partition coefficient (Wildman–Crippen LogP) is 5.52. The number of esters is 1. The second-order valence-corrected chi connectivity index (χ2v) is 11.6. The number of hydrogen-bond donors (Lipinski definition) is 1. The van der Waals surface area contributed by atoms with Crippen LogP contribution >= 0.6 is 0 Å². The van der Waals surface area contributed by atoms with Crippen molar-refractivity contribution in [1.82, 2.24) is 10.2 Å². The fraction of sp³-hybridized carbons (Fsp3) is 0.412. The number of carbonyl (C=O) groups excluding carboxylic acids is 2. The van der Waals surface area contributed by atoms with Crippen LogP contribution in [-0.2, 0) is 16.0 Å². The summed E-state index contributed by atoms with van der Waals surface area (Å²) in [7, 11) is 0. The van der Waals surface area contributed by atoms with Crippen LogP contribution in [0.3, 0.4) is 0 Å². The molecule has 0 bridgehead atoms. The van der Waals surface area contributed by atoms with E-state index >= 15 is 0 Å². The molecule has 234 valence electrons. The number of rotatable bonds is 13. The summed E-state index contributed by atoms with van der Waals surface area (Å²) in [5.74, 6) is -3.01. The molecule has 10 heteroatoms. The molecule has 44 heavy (non-hydrogen) atoms. The molecular formula is C34H37F3N2O5. The van der Waals surface area contributed by atoms with Crippen molar-refractivity contribution in [3.8, 4) is 11.5 Å². The van der Waals surface area contributed by atoms with E-state index in [4.69, 9.17) is 14.2 Å². The molecule has 1 N–H and O–H groups in total. The number of carbonyl (C=O) groups is 2. The Kier molecular flexibility index (Phi) is 9.78. The quantitative estimate of drug-likeness (QED) is 0.156. The Morgan fingerprint density at radius 3 is 2.14 bits per heavy atom. The van der Waals surface area contributed by atoms with Crippen LogP contribution in [0.15, 0.2) is 60.7 Å². The summed E-state index contributed by atoms with van der Waals surface area (Å²) in [6.45, 7) is 8.26. The third-order valence-corrected chi connectivity index (χ3v) is 8.18. The Morgan fingerprint density at radius 2 is 1.55 bits per heavy atom. The summed E-state index contributed by atoms with van der Waals surface area (Å²) >= 11 is 0. The maximum atomic E-state index is 13.5. The molecule has 7 nitrogen and oxygen atoms in total. The van der Waals surface area contributed by atoms with Crippen LogP contribution < -0.4 is 14.8 Å². The van der Waals surface area contributed by atoms with E-state index in [-0.39, 0.29) is 30.0 Å². The normalized spacial score (nSPS) is 19.4. The van der Waals surface area contributed by atoms with Crippen molar-refractivity contribution < 1.29 is 37.0 Å². The van der Waals surface area contributed by atoms with E-state index < -0.39 is 35.4 Å². The molecule has 1 saturated heterocycles. The van der Waals surface area contributed by atoms with Gasteiger partial charge in [0.1, 0.15) is 18.1 Å². The standard InChI is InChI=1S/C34H37F3N2O5/c1-4-42-34(41)30(44-25-11-7-22(8-12-25)20(2)3)15-21-5-9-24(10-6-21)43-14-13-38-32-26-18-39(19-27(26)32)33(40)23-16-28(35)31(37)29(36)17-23/h5-12,16-17,20,26-27,30,32,38H,4,13-15,18-19H2,1-3H3/t26-,27?,30-,32?/m0/s1. The van der Waals surface area contributed by atoms with Crippen molar-refractivity contribution >= 4 is 11.9 Å². The molecule has 1 heterocycles. The Bertz CT molecular complexity index is 1430. The Labute approximate surface area is 255 Å². The maximum absolute atomic E-state index is 13.5. The monoisotopic (exact) mass is 610 g/mol. The zero-order valence-corrected chi connectivity index (χ0v) is 25.0. The van der Waals surface area contributed by atoms with Gasteiger partial charge in [-0.1, -0.05) is 38.1 Å². The fourth-order valence-electron chi connectivity index (χ4n) is 5.69. The van der Waals surface area contributed by atoms with Gasteiger partial charge in [0.25, 0.3) is 5.91 Å². The van der Waals surface area contributed by atoms with Gasteiger partial charge in [0.05, 0.1) is 6.61 Å². The highest BCUT2D eigenvalue weighted by molar-refractivity contribution is 5.94. The number of ether oxygens (including phenoxy) is 3. The van der Waals surface area contributed by atoms with E-state index in [1.165, 1.54) is 5.56 Å². The number of likely N-dealkylation sites (tertiary alicyclic amines) is 1. The van der Waals surface area contributed by atoms with Crippen molar-refractivity contribution in [3.05, 3.63) is 94.8 Å². The lowest BCUT2D eigenvalue weighted by Crippen LogP contribution is -2.36. The lowest BCUT2D eigenvalue weighted by Gasteiger charge is -2.20. The van der Waals surface area contributed by atoms with Gasteiger partial charge in [0.2, 0.25) is 0 Å². The van der Waals surface area contributed by atoms with Crippen molar-refractivity contribution in [3.63, 3.8) is 0 Å². The van der Waals surface area contributed by atoms with E-state index in [1.54, 1.807) is 11.8 Å². The third-order valence-electron chi connectivity index (χ3n) is 8.18. The van der Waals surface area contributed by atoms with Crippen LogP contribution in [-0.4, -0.2) is 61.8 Å². The molecule has 1 aliphatic heterocycles. The van der Waals surface area contributed by atoms with E-state index in [9.17, 15) is 22.8 Å². The molecule has 1 saturated carbocycles. The van der Waals surface area contributed by atoms with Gasteiger partial charge in [-0.2, -0.15) is 0 Å². The van der Waals surface area contributed by atoms with Crippen LogP contribution in [0.25, 0.3) is 0 Å². The Balaban J connectivity index is 1.05. The van der Waals surface area contributed by atoms with Gasteiger partial charge < -0.3 is 24.4 Å². The summed E-state index contributed by atoms with van der Waals surface area (Å²) in [5.41, 5.74) is 1.91. The minimum absolute atomic E-state index is 0.188. The van der Waals surface area contributed by atoms with E-state index in [0.29, 0.717) is 50.1 Å². The first-order chi connectivity index (χ1) is 21.1. The summed E-state index contributed by atoms with van der Waals surface area (Å²) in [6, 6.07) is 17.0. The number of benzene rings is 3. The van der Waals surface area contributed by atoms with Gasteiger partial charge in [-0.05, 0) is 72.2 Å².